The smallest absolute Gasteiger partial charge is 0.131 e. The zero-order valence-corrected chi connectivity index (χ0v) is 14.2. The van der Waals surface area contributed by atoms with E-state index in [1.54, 1.807) is 0 Å². The van der Waals surface area contributed by atoms with Crippen LogP contribution in [0.25, 0.3) is 0 Å². The third kappa shape index (κ3) is 4.85. The van der Waals surface area contributed by atoms with Gasteiger partial charge in [0, 0.05) is 23.9 Å². The Bertz CT molecular complexity index is 397. The highest BCUT2D eigenvalue weighted by molar-refractivity contribution is 8.00. The molecule has 2 N–H and O–H groups in total. The zero-order chi connectivity index (χ0) is 15.0. The number of rotatable bonds is 9. The number of aromatic nitrogens is 2. The van der Waals surface area contributed by atoms with Crippen molar-refractivity contribution < 1.29 is 0 Å². The Hall–Kier alpha value is -0.970. The molecule has 5 heteroatoms. The van der Waals surface area contributed by atoms with Crippen molar-refractivity contribution in [2.45, 2.75) is 51.7 Å². The lowest BCUT2D eigenvalue weighted by molar-refractivity contribution is 0.574. The van der Waals surface area contributed by atoms with Gasteiger partial charge in [-0.2, -0.15) is 11.8 Å². The highest BCUT2D eigenvalue weighted by Crippen LogP contribution is 2.30. The maximum atomic E-state index is 4.48. The van der Waals surface area contributed by atoms with Gasteiger partial charge >= 0.3 is 0 Å². The molecule has 1 rings (SSSR count). The van der Waals surface area contributed by atoms with Crippen LogP contribution in [0.4, 0.5) is 11.6 Å². The van der Waals surface area contributed by atoms with E-state index in [2.05, 4.69) is 47.6 Å². The second kappa shape index (κ2) is 8.35. The predicted molar refractivity (Wildman–Crippen MR) is 90.9 cm³/mol. The van der Waals surface area contributed by atoms with Crippen LogP contribution < -0.4 is 10.6 Å². The normalized spacial score (nSPS) is 11.4. The first-order valence-corrected chi connectivity index (χ1v) is 8.70. The number of nitrogens with zero attached hydrogens (tertiary/aromatic N) is 2. The topological polar surface area (TPSA) is 49.8 Å². The third-order valence-corrected chi connectivity index (χ3v) is 5.30. The number of hydrogen-bond donors (Lipinski definition) is 2. The Balaban J connectivity index is 2.74. The van der Waals surface area contributed by atoms with Crippen molar-refractivity contribution >= 4 is 23.4 Å². The Labute approximate surface area is 127 Å². The van der Waals surface area contributed by atoms with Gasteiger partial charge in [0.05, 0.1) is 0 Å². The molecule has 0 fully saturated rings. The minimum Gasteiger partial charge on any atom is -0.370 e. The number of aryl methyl sites for hydroxylation is 1. The Morgan fingerprint density at radius 3 is 2.20 bits per heavy atom. The summed E-state index contributed by atoms with van der Waals surface area (Å²) < 4.78 is 0.288. The first-order valence-electron chi connectivity index (χ1n) is 7.47. The molecule has 0 aliphatic rings. The van der Waals surface area contributed by atoms with Crippen LogP contribution in [0.3, 0.4) is 0 Å². The average molecular weight is 296 g/mol. The Kier molecular flexibility index (Phi) is 7.13. The van der Waals surface area contributed by atoms with Gasteiger partial charge in [0.25, 0.3) is 0 Å². The molecule has 20 heavy (non-hydrogen) atoms. The van der Waals surface area contributed by atoms with Gasteiger partial charge in [0.2, 0.25) is 0 Å². The maximum Gasteiger partial charge on any atom is 0.131 e. The SMILES string of the molecule is CCCNc1cc(NCC(CC)(CC)SC)nc(C)n1. The van der Waals surface area contributed by atoms with Gasteiger partial charge in [-0.05, 0) is 32.4 Å². The molecule has 114 valence electrons. The largest absolute Gasteiger partial charge is 0.370 e. The van der Waals surface area contributed by atoms with Crippen molar-refractivity contribution in [3.8, 4) is 0 Å². The second-order valence-corrected chi connectivity index (χ2v) is 6.33. The number of hydrogen-bond acceptors (Lipinski definition) is 5. The summed E-state index contributed by atoms with van der Waals surface area (Å²) in [5, 5.41) is 6.80. The van der Waals surface area contributed by atoms with Crippen molar-refractivity contribution in [3.63, 3.8) is 0 Å². The minimum atomic E-state index is 0.288. The van der Waals surface area contributed by atoms with Gasteiger partial charge in [-0.15, -0.1) is 0 Å². The van der Waals surface area contributed by atoms with E-state index in [1.807, 2.05) is 24.8 Å². The van der Waals surface area contributed by atoms with E-state index in [0.29, 0.717) is 0 Å². The van der Waals surface area contributed by atoms with Gasteiger partial charge in [0.1, 0.15) is 17.5 Å². The summed E-state index contributed by atoms with van der Waals surface area (Å²) in [7, 11) is 0. The van der Waals surface area contributed by atoms with Crippen molar-refractivity contribution in [1.82, 2.24) is 9.97 Å². The van der Waals surface area contributed by atoms with Gasteiger partial charge in [0.15, 0.2) is 0 Å². The standard InChI is InChI=1S/C15H28N4S/c1-6-9-16-13-10-14(19-12(4)18-13)17-11-15(7-2,8-3)20-5/h10H,6-9,11H2,1-5H3,(H2,16,17,18,19). The van der Waals surface area contributed by atoms with Crippen LogP contribution in [0.1, 0.15) is 45.9 Å². The summed E-state index contributed by atoms with van der Waals surface area (Å²) >= 11 is 1.94. The molecular formula is C15H28N4S. The molecule has 4 nitrogen and oxygen atoms in total. The van der Waals surface area contributed by atoms with Crippen LogP contribution in [-0.4, -0.2) is 34.1 Å². The van der Waals surface area contributed by atoms with E-state index in [9.17, 15) is 0 Å². The summed E-state index contributed by atoms with van der Waals surface area (Å²) in [6.45, 7) is 10.5. The van der Waals surface area contributed by atoms with Crippen LogP contribution in [0.2, 0.25) is 0 Å². The van der Waals surface area contributed by atoms with E-state index in [4.69, 9.17) is 0 Å². The molecule has 0 saturated heterocycles. The van der Waals surface area contributed by atoms with E-state index >= 15 is 0 Å². The summed E-state index contributed by atoms with van der Waals surface area (Å²) in [6, 6.07) is 2.00. The highest BCUT2D eigenvalue weighted by Gasteiger charge is 2.24. The molecular weight excluding hydrogens is 268 g/mol. The summed E-state index contributed by atoms with van der Waals surface area (Å²) in [5.74, 6) is 2.62. The van der Waals surface area contributed by atoms with Crippen LogP contribution >= 0.6 is 11.8 Å². The van der Waals surface area contributed by atoms with Crippen molar-refractivity contribution in [2.75, 3.05) is 30.0 Å². The zero-order valence-electron chi connectivity index (χ0n) is 13.4. The molecule has 1 aromatic heterocycles. The Morgan fingerprint density at radius 1 is 1.10 bits per heavy atom. The summed E-state index contributed by atoms with van der Waals surface area (Å²) in [5.41, 5.74) is 0. The molecule has 0 aliphatic heterocycles. The quantitative estimate of drug-likeness (QED) is 0.723. The fraction of sp³-hybridized carbons (Fsp3) is 0.733. The van der Waals surface area contributed by atoms with Crippen LogP contribution in [0.5, 0.6) is 0 Å². The second-order valence-electron chi connectivity index (χ2n) is 5.06. The lowest BCUT2D eigenvalue weighted by Gasteiger charge is -2.30. The predicted octanol–water partition coefficient (Wildman–Crippen LogP) is 3.94. The lowest BCUT2D eigenvalue weighted by atomic mass is 10.0. The summed E-state index contributed by atoms with van der Waals surface area (Å²) in [4.78, 5) is 8.89. The highest BCUT2D eigenvalue weighted by atomic mass is 32.2. The first-order chi connectivity index (χ1) is 9.59. The number of thioether (sulfide) groups is 1. The molecule has 0 atom stereocenters. The molecule has 0 bridgehead atoms. The lowest BCUT2D eigenvalue weighted by Crippen LogP contribution is -2.32. The van der Waals surface area contributed by atoms with Crippen LogP contribution in [0.15, 0.2) is 6.07 Å². The molecule has 0 aromatic carbocycles. The van der Waals surface area contributed by atoms with Gasteiger partial charge in [-0.25, -0.2) is 9.97 Å². The maximum absolute atomic E-state index is 4.48. The van der Waals surface area contributed by atoms with Gasteiger partial charge < -0.3 is 10.6 Å². The monoisotopic (exact) mass is 296 g/mol. The third-order valence-electron chi connectivity index (χ3n) is 3.71. The molecule has 0 amide bonds. The van der Waals surface area contributed by atoms with Gasteiger partial charge in [-0.1, -0.05) is 20.8 Å². The van der Waals surface area contributed by atoms with E-state index in [-0.39, 0.29) is 4.75 Å². The average Bonchev–Trinajstić information content (AvgIpc) is 2.47. The van der Waals surface area contributed by atoms with Crippen LogP contribution in [0, 0.1) is 6.92 Å². The molecule has 0 saturated carbocycles. The van der Waals surface area contributed by atoms with Crippen molar-refractivity contribution in [1.29, 1.82) is 0 Å². The van der Waals surface area contributed by atoms with E-state index in [1.165, 1.54) is 0 Å². The number of anilines is 2. The van der Waals surface area contributed by atoms with Crippen molar-refractivity contribution in [3.05, 3.63) is 11.9 Å². The summed E-state index contributed by atoms with van der Waals surface area (Å²) in [6.07, 6.45) is 5.59. The molecule has 0 unspecified atom stereocenters. The Morgan fingerprint density at radius 2 is 1.70 bits per heavy atom. The molecule has 0 aliphatic carbocycles. The van der Waals surface area contributed by atoms with Crippen molar-refractivity contribution in [2.24, 2.45) is 0 Å². The first kappa shape index (κ1) is 17.1. The molecule has 0 spiro atoms. The van der Waals surface area contributed by atoms with Gasteiger partial charge in [-0.3, -0.25) is 0 Å². The van der Waals surface area contributed by atoms with E-state index in [0.717, 1.165) is 49.8 Å². The fourth-order valence-electron chi connectivity index (χ4n) is 2.11. The molecule has 1 aromatic rings. The minimum absolute atomic E-state index is 0.288. The fourth-order valence-corrected chi connectivity index (χ4v) is 2.91. The number of nitrogens with one attached hydrogen (secondary N) is 2. The molecule has 0 radical (unpaired) electrons. The molecule has 1 heterocycles. The van der Waals surface area contributed by atoms with Crippen LogP contribution in [-0.2, 0) is 0 Å². The van der Waals surface area contributed by atoms with E-state index < -0.39 is 0 Å².